The van der Waals surface area contributed by atoms with Gasteiger partial charge in [0.25, 0.3) is 5.56 Å². The lowest BCUT2D eigenvalue weighted by atomic mass is 9.90. The van der Waals surface area contributed by atoms with Gasteiger partial charge in [-0.25, -0.2) is 4.68 Å². The van der Waals surface area contributed by atoms with Crippen molar-refractivity contribution in [1.82, 2.24) is 9.78 Å². The lowest BCUT2D eigenvalue weighted by Gasteiger charge is -2.21. The Morgan fingerprint density at radius 2 is 2.15 bits per heavy atom. The Balaban J connectivity index is 2.60. The van der Waals surface area contributed by atoms with Gasteiger partial charge in [-0.1, -0.05) is 26.8 Å². The van der Waals surface area contributed by atoms with E-state index >= 15 is 0 Å². The normalized spacial score (nSPS) is 13.4. The first-order valence-corrected chi connectivity index (χ1v) is 7.64. The molecule has 1 unspecified atom stereocenters. The lowest BCUT2D eigenvalue weighted by molar-refractivity contribution is 0.505. The number of rotatable bonds is 3. The fraction of sp³-hybridized carbons (Fsp3) is 0.467. The second kappa shape index (κ2) is 5.50. The molecule has 0 saturated carbocycles. The molecule has 0 aliphatic heterocycles. The van der Waals surface area contributed by atoms with Crippen LogP contribution in [0.4, 0.5) is 0 Å². The van der Waals surface area contributed by atoms with Crippen LogP contribution in [0.2, 0.25) is 0 Å². The first kappa shape index (κ1) is 14.9. The van der Waals surface area contributed by atoms with Crippen molar-refractivity contribution in [1.29, 1.82) is 0 Å². The van der Waals surface area contributed by atoms with Crippen molar-refractivity contribution in [3.8, 4) is 0 Å². The van der Waals surface area contributed by atoms with Crippen molar-refractivity contribution in [2.45, 2.75) is 45.7 Å². The standard InChI is InChI=1S/C15H21N3OS/c1-5-18-14(19)10(9-12(17-18)15(2,3)4)13(16)11-7-6-8-20-11/h6-9,13H,5,16H2,1-4H3. The molecule has 108 valence electrons. The van der Waals surface area contributed by atoms with Crippen molar-refractivity contribution < 1.29 is 0 Å². The first-order valence-electron chi connectivity index (χ1n) is 6.76. The second-order valence-electron chi connectivity index (χ2n) is 5.85. The Labute approximate surface area is 123 Å². The van der Waals surface area contributed by atoms with E-state index in [2.05, 4.69) is 25.9 Å². The van der Waals surface area contributed by atoms with Crippen LogP contribution in [0.15, 0.2) is 28.4 Å². The molecule has 0 aliphatic rings. The Kier molecular flexibility index (Phi) is 4.11. The molecule has 0 fully saturated rings. The number of aryl methyl sites for hydroxylation is 1. The molecule has 0 aromatic carbocycles. The molecule has 0 saturated heterocycles. The topological polar surface area (TPSA) is 60.9 Å². The molecule has 2 rings (SSSR count). The summed E-state index contributed by atoms with van der Waals surface area (Å²) in [6.07, 6.45) is 0. The molecule has 2 N–H and O–H groups in total. The van der Waals surface area contributed by atoms with Gasteiger partial charge in [-0.3, -0.25) is 4.79 Å². The molecule has 2 aromatic rings. The van der Waals surface area contributed by atoms with Crippen molar-refractivity contribution in [3.05, 3.63) is 50.1 Å². The van der Waals surface area contributed by atoms with E-state index in [4.69, 9.17) is 5.73 Å². The van der Waals surface area contributed by atoms with Gasteiger partial charge >= 0.3 is 0 Å². The van der Waals surface area contributed by atoms with Crippen LogP contribution in [0.3, 0.4) is 0 Å². The van der Waals surface area contributed by atoms with Crippen molar-refractivity contribution in [2.75, 3.05) is 0 Å². The second-order valence-corrected chi connectivity index (χ2v) is 6.83. The summed E-state index contributed by atoms with van der Waals surface area (Å²) in [6.45, 7) is 8.72. The van der Waals surface area contributed by atoms with Crippen LogP contribution in [-0.2, 0) is 12.0 Å². The van der Waals surface area contributed by atoms with E-state index < -0.39 is 0 Å². The summed E-state index contributed by atoms with van der Waals surface area (Å²) in [5.74, 6) is 0. The highest BCUT2D eigenvalue weighted by Crippen LogP contribution is 2.25. The molecule has 2 heterocycles. The van der Waals surface area contributed by atoms with Gasteiger partial charge in [0.15, 0.2) is 0 Å². The van der Waals surface area contributed by atoms with Crippen LogP contribution >= 0.6 is 11.3 Å². The Bertz CT molecular complexity index is 638. The minimum Gasteiger partial charge on any atom is -0.319 e. The Morgan fingerprint density at radius 1 is 1.45 bits per heavy atom. The van der Waals surface area contributed by atoms with Crippen LogP contribution in [0.5, 0.6) is 0 Å². The third-order valence-corrected chi connectivity index (χ3v) is 4.21. The van der Waals surface area contributed by atoms with E-state index in [0.717, 1.165) is 10.6 Å². The minimum absolute atomic E-state index is 0.0959. The van der Waals surface area contributed by atoms with Gasteiger partial charge in [0.1, 0.15) is 0 Å². The zero-order valence-electron chi connectivity index (χ0n) is 12.4. The molecule has 2 aromatic heterocycles. The van der Waals surface area contributed by atoms with Gasteiger partial charge in [-0.15, -0.1) is 11.3 Å². The van der Waals surface area contributed by atoms with Gasteiger partial charge in [0.05, 0.1) is 11.7 Å². The van der Waals surface area contributed by atoms with Gasteiger partial charge in [0.2, 0.25) is 0 Å². The van der Waals surface area contributed by atoms with Crippen LogP contribution in [-0.4, -0.2) is 9.78 Å². The SMILES string of the molecule is CCn1nc(C(C)(C)C)cc(C(N)c2cccs2)c1=O. The highest BCUT2D eigenvalue weighted by Gasteiger charge is 2.22. The lowest BCUT2D eigenvalue weighted by Crippen LogP contribution is -2.33. The average Bonchev–Trinajstić information content (AvgIpc) is 2.90. The van der Waals surface area contributed by atoms with Crippen LogP contribution < -0.4 is 11.3 Å². The fourth-order valence-electron chi connectivity index (χ4n) is 1.99. The van der Waals surface area contributed by atoms with Crippen molar-refractivity contribution in [2.24, 2.45) is 5.73 Å². The first-order chi connectivity index (χ1) is 9.34. The fourth-order valence-corrected chi connectivity index (χ4v) is 2.73. The van der Waals surface area contributed by atoms with Gasteiger partial charge in [-0.05, 0) is 24.4 Å². The van der Waals surface area contributed by atoms with E-state index in [9.17, 15) is 4.79 Å². The van der Waals surface area contributed by atoms with Crippen molar-refractivity contribution in [3.63, 3.8) is 0 Å². The van der Waals surface area contributed by atoms with Gasteiger partial charge in [-0.2, -0.15) is 5.10 Å². The maximum absolute atomic E-state index is 12.4. The summed E-state index contributed by atoms with van der Waals surface area (Å²) < 4.78 is 1.50. The quantitative estimate of drug-likeness (QED) is 0.945. The van der Waals surface area contributed by atoms with Gasteiger partial charge < -0.3 is 5.73 Å². The summed E-state index contributed by atoms with van der Waals surface area (Å²) in [7, 11) is 0. The maximum atomic E-state index is 12.4. The molecule has 5 heteroatoms. The molecule has 0 radical (unpaired) electrons. The molecule has 4 nitrogen and oxygen atoms in total. The van der Waals surface area contributed by atoms with E-state index in [-0.39, 0.29) is 17.0 Å². The van der Waals surface area contributed by atoms with Crippen molar-refractivity contribution >= 4 is 11.3 Å². The van der Waals surface area contributed by atoms with Gasteiger partial charge in [0, 0.05) is 22.4 Å². The Hall–Kier alpha value is -1.46. The average molecular weight is 291 g/mol. The van der Waals surface area contributed by atoms with E-state index in [1.54, 1.807) is 11.3 Å². The number of hydrogen-bond donors (Lipinski definition) is 1. The number of nitrogens with two attached hydrogens (primary N) is 1. The molecule has 0 amide bonds. The summed E-state index contributed by atoms with van der Waals surface area (Å²) in [5, 5.41) is 6.41. The molecular weight excluding hydrogens is 270 g/mol. The monoisotopic (exact) mass is 291 g/mol. The van der Waals surface area contributed by atoms with E-state index in [1.807, 2.05) is 30.5 Å². The number of hydrogen-bond acceptors (Lipinski definition) is 4. The maximum Gasteiger partial charge on any atom is 0.271 e. The highest BCUT2D eigenvalue weighted by atomic mass is 32.1. The summed E-state index contributed by atoms with van der Waals surface area (Å²) in [6, 6.07) is 5.38. The smallest absolute Gasteiger partial charge is 0.271 e. The molecule has 0 bridgehead atoms. The third kappa shape index (κ3) is 2.83. The number of nitrogens with zero attached hydrogens (tertiary/aromatic N) is 2. The molecule has 20 heavy (non-hydrogen) atoms. The summed E-state index contributed by atoms with van der Waals surface area (Å²) in [5.41, 5.74) is 7.56. The molecule has 0 aliphatic carbocycles. The number of aromatic nitrogens is 2. The van der Waals surface area contributed by atoms with Crippen LogP contribution in [0.25, 0.3) is 0 Å². The zero-order valence-corrected chi connectivity index (χ0v) is 13.2. The molecule has 1 atom stereocenters. The molecule has 0 spiro atoms. The van der Waals surface area contributed by atoms with Crippen LogP contribution in [0, 0.1) is 0 Å². The predicted octanol–water partition coefficient (Wildman–Crippen LogP) is 2.67. The predicted molar refractivity (Wildman–Crippen MR) is 83.2 cm³/mol. The number of thiophene rings is 1. The highest BCUT2D eigenvalue weighted by molar-refractivity contribution is 7.10. The Morgan fingerprint density at radius 3 is 2.65 bits per heavy atom. The largest absolute Gasteiger partial charge is 0.319 e. The minimum atomic E-state index is -0.385. The van der Waals surface area contributed by atoms with E-state index in [0.29, 0.717) is 12.1 Å². The molecular formula is C15H21N3OS. The summed E-state index contributed by atoms with van der Waals surface area (Å²) in [4.78, 5) is 13.4. The van der Waals surface area contributed by atoms with E-state index in [1.165, 1.54) is 4.68 Å². The van der Waals surface area contributed by atoms with Crippen LogP contribution in [0.1, 0.15) is 49.9 Å². The summed E-state index contributed by atoms with van der Waals surface area (Å²) >= 11 is 1.57. The zero-order chi connectivity index (χ0) is 14.9. The third-order valence-electron chi connectivity index (χ3n) is 3.25.